The van der Waals surface area contributed by atoms with Crippen molar-refractivity contribution in [3.63, 3.8) is 0 Å². The van der Waals surface area contributed by atoms with Crippen molar-refractivity contribution in [3.05, 3.63) is 23.8 Å². The van der Waals surface area contributed by atoms with Crippen molar-refractivity contribution in [2.75, 3.05) is 120 Å². The minimum absolute atomic E-state index is 0.0455. The van der Waals surface area contributed by atoms with Crippen molar-refractivity contribution in [2.45, 2.75) is 70.6 Å². The van der Waals surface area contributed by atoms with Gasteiger partial charge in [-0.25, -0.2) is 9.36 Å². The molecule has 352 valence electrons. The summed E-state index contributed by atoms with van der Waals surface area (Å²) in [6.07, 6.45) is 11.3. The van der Waals surface area contributed by atoms with Crippen LogP contribution in [-0.2, 0) is 35.1 Å². The Balaban J connectivity index is 1.25. The third-order valence-electron chi connectivity index (χ3n) is 11.2. The number of unbranched alkanes of at least 4 members (excludes halogenated alkanes) is 1. The van der Waals surface area contributed by atoms with Gasteiger partial charge < -0.3 is 62.1 Å². The SMILES string of the molecule is C#CCOCCOCCOCCNc1nc(N2CCN(C(=O)C(CCCCN)n3cc(CN)nn3)CC2)nc(N2CCN(C(=O)C(CC(N)=O)n3cc(C(N)C(C)CC)nn3)CC2)n1. The number of nitrogens with one attached hydrogen (secondary N) is 1. The number of carbonyl (C=O) groups is 3. The number of amides is 3. The lowest BCUT2D eigenvalue weighted by atomic mass is 9.98. The van der Waals surface area contributed by atoms with Crippen LogP contribution >= 0.6 is 0 Å². The zero-order valence-corrected chi connectivity index (χ0v) is 37.2. The zero-order valence-electron chi connectivity index (χ0n) is 37.2. The van der Waals surface area contributed by atoms with E-state index in [1.54, 1.807) is 22.0 Å². The fraction of sp³-hybridized carbons (Fsp3) is 0.700. The Kier molecular flexibility index (Phi) is 19.8. The van der Waals surface area contributed by atoms with Gasteiger partial charge in [0.05, 0.1) is 69.3 Å². The van der Waals surface area contributed by atoms with Crippen molar-refractivity contribution in [3.8, 4) is 12.3 Å². The number of nitrogens with zero attached hydrogens (tertiary/aromatic N) is 13. The highest BCUT2D eigenvalue weighted by Gasteiger charge is 2.34. The van der Waals surface area contributed by atoms with Gasteiger partial charge in [-0.1, -0.05) is 36.6 Å². The lowest BCUT2D eigenvalue weighted by Gasteiger charge is -2.38. The summed E-state index contributed by atoms with van der Waals surface area (Å²) in [5, 5.41) is 20.0. The van der Waals surface area contributed by atoms with Crippen LogP contribution in [0.4, 0.5) is 17.8 Å². The van der Waals surface area contributed by atoms with E-state index in [2.05, 4.69) is 31.9 Å². The number of ether oxygens (including phenoxy) is 3. The van der Waals surface area contributed by atoms with E-state index in [1.807, 2.05) is 28.5 Å². The molecule has 4 unspecified atom stereocenters. The second-order valence-corrected chi connectivity index (χ2v) is 15.7. The fourth-order valence-corrected chi connectivity index (χ4v) is 7.23. The van der Waals surface area contributed by atoms with E-state index in [4.69, 9.17) is 58.5 Å². The van der Waals surface area contributed by atoms with Crippen LogP contribution < -0.4 is 38.1 Å². The zero-order chi connectivity index (χ0) is 45.8. The van der Waals surface area contributed by atoms with Gasteiger partial charge in [0.25, 0.3) is 0 Å². The fourth-order valence-electron chi connectivity index (χ4n) is 7.23. The number of primary amides is 1. The Hall–Kier alpha value is -5.58. The highest BCUT2D eigenvalue weighted by Crippen LogP contribution is 2.25. The molecule has 64 heavy (non-hydrogen) atoms. The van der Waals surface area contributed by atoms with Crippen LogP contribution in [0.1, 0.15) is 75.5 Å². The quantitative estimate of drug-likeness (QED) is 0.0427. The van der Waals surface area contributed by atoms with Gasteiger partial charge in [-0.2, -0.15) is 15.0 Å². The molecule has 2 fully saturated rings. The average molecular weight is 895 g/mol. The van der Waals surface area contributed by atoms with Crippen LogP contribution in [0.25, 0.3) is 0 Å². The summed E-state index contributed by atoms with van der Waals surface area (Å²) in [6, 6.07) is -1.86. The Bertz CT molecular complexity index is 1940. The molecule has 0 radical (unpaired) electrons. The molecule has 3 aromatic heterocycles. The van der Waals surface area contributed by atoms with Gasteiger partial charge in [0.1, 0.15) is 18.7 Å². The number of rotatable bonds is 27. The number of aromatic nitrogens is 9. The number of piperazine rings is 2. The standard InChI is InChI=1S/C40H66N18O6/c1-4-19-62-21-23-64-24-22-63-20-10-45-38-46-39(55-15-11-53(12-16-55)36(60)32(8-6-7-9-41)57-27-30(26-42)49-51-57)48-40(47-38)56-17-13-54(14-18-56)37(61)33(25-34(43)59)58-28-31(50-52-58)35(44)29(3)5-2/h1,27-29,32-33,35H,5-26,41-42,44H2,2-3H3,(H2,43,59)(H,45,46,47,48). The van der Waals surface area contributed by atoms with Crippen molar-refractivity contribution < 1.29 is 28.6 Å². The third kappa shape index (κ3) is 14.2. The molecule has 24 nitrogen and oxygen atoms in total. The molecular weight excluding hydrogens is 829 g/mol. The lowest BCUT2D eigenvalue weighted by molar-refractivity contribution is -0.137. The van der Waals surface area contributed by atoms with Crippen molar-refractivity contribution in [2.24, 2.45) is 28.9 Å². The smallest absolute Gasteiger partial charge is 0.248 e. The van der Waals surface area contributed by atoms with Crippen LogP contribution in [0.5, 0.6) is 0 Å². The molecule has 0 aliphatic carbocycles. The molecule has 3 amide bonds. The number of hydrogen-bond donors (Lipinski definition) is 5. The van der Waals surface area contributed by atoms with Crippen molar-refractivity contribution >= 4 is 35.6 Å². The number of hydrogen-bond acceptors (Lipinski definition) is 19. The summed E-state index contributed by atoms with van der Waals surface area (Å²) < 4.78 is 19.5. The van der Waals surface area contributed by atoms with E-state index >= 15 is 0 Å². The van der Waals surface area contributed by atoms with Crippen LogP contribution in [-0.4, -0.2) is 178 Å². The minimum Gasteiger partial charge on any atom is -0.377 e. The van der Waals surface area contributed by atoms with Crippen LogP contribution in [0.3, 0.4) is 0 Å². The summed E-state index contributed by atoms with van der Waals surface area (Å²) in [7, 11) is 0. The summed E-state index contributed by atoms with van der Waals surface area (Å²) >= 11 is 0. The van der Waals surface area contributed by atoms with Gasteiger partial charge in [0.15, 0.2) is 0 Å². The number of terminal acetylenes is 1. The van der Waals surface area contributed by atoms with Crippen LogP contribution in [0.2, 0.25) is 0 Å². The van der Waals surface area contributed by atoms with Gasteiger partial charge in [0, 0.05) is 65.4 Å². The number of anilines is 3. The summed E-state index contributed by atoms with van der Waals surface area (Å²) in [5.74, 6) is 2.80. The molecule has 0 aromatic carbocycles. The highest BCUT2D eigenvalue weighted by molar-refractivity contribution is 5.86. The Morgan fingerprint density at radius 2 is 1.38 bits per heavy atom. The molecule has 4 atom stereocenters. The molecule has 0 spiro atoms. The second-order valence-electron chi connectivity index (χ2n) is 15.7. The van der Waals surface area contributed by atoms with Crippen LogP contribution in [0.15, 0.2) is 12.4 Å². The highest BCUT2D eigenvalue weighted by atomic mass is 16.5. The maximum atomic E-state index is 14.0. The van der Waals surface area contributed by atoms with Gasteiger partial charge >= 0.3 is 0 Å². The maximum absolute atomic E-state index is 14.0. The minimum atomic E-state index is -0.970. The molecule has 0 bridgehead atoms. The van der Waals surface area contributed by atoms with Gasteiger partial charge in [-0.15, -0.1) is 16.6 Å². The summed E-state index contributed by atoms with van der Waals surface area (Å²) in [6.45, 7) is 10.7. The molecule has 2 aliphatic rings. The largest absolute Gasteiger partial charge is 0.377 e. The van der Waals surface area contributed by atoms with E-state index in [0.717, 1.165) is 19.3 Å². The first-order valence-electron chi connectivity index (χ1n) is 22.1. The van der Waals surface area contributed by atoms with Crippen molar-refractivity contribution in [1.29, 1.82) is 0 Å². The molecule has 0 saturated carbocycles. The Morgan fingerprint density at radius 3 is 1.94 bits per heavy atom. The van der Waals surface area contributed by atoms with E-state index in [-0.39, 0.29) is 43.3 Å². The predicted molar refractivity (Wildman–Crippen MR) is 236 cm³/mol. The topological polar surface area (TPSA) is 308 Å². The van der Waals surface area contributed by atoms with Gasteiger partial charge in [0.2, 0.25) is 35.6 Å². The molecule has 2 aliphatic heterocycles. The first-order valence-corrected chi connectivity index (χ1v) is 22.1. The summed E-state index contributed by atoms with van der Waals surface area (Å²) in [5.41, 5.74) is 24.7. The molecule has 5 rings (SSSR count). The molecule has 24 heteroatoms. The van der Waals surface area contributed by atoms with E-state index in [0.29, 0.717) is 134 Å². The lowest BCUT2D eigenvalue weighted by Crippen LogP contribution is -2.52. The predicted octanol–water partition coefficient (Wildman–Crippen LogP) is -1.56. The number of carbonyl (C=O) groups excluding carboxylic acids is 3. The first-order chi connectivity index (χ1) is 31.1. The molecule has 5 heterocycles. The molecule has 2 saturated heterocycles. The number of nitrogens with two attached hydrogens (primary N) is 4. The Morgan fingerprint density at radius 1 is 0.797 bits per heavy atom. The summed E-state index contributed by atoms with van der Waals surface area (Å²) in [4.78, 5) is 62.1. The van der Waals surface area contributed by atoms with Crippen molar-refractivity contribution in [1.82, 2.24) is 54.7 Å². The molecule has 9 N–H and O–H groups in total. The van der Waals surface area contributed by atoms with E-state index < -0.39 is 18.0 Å². The Labute approximate surface area is 374 Å². The first kappa shape index (κ1) is 49.4. The third-order valence-corrected chi connectivity index (χ3v) is 11.2. The second kappa shape index (κ2) is 25.6. The maximum Gasteiger partial charge on any atom is 0.248 e. The van der Waals surface area contributed by atoms with Gasteiger partial charge in [-0.3, -0.25) is 14.4 Å². The van der Waals surface area contributed by atoms with E-state index in [9.17, 15) is 14.4 Å². The normalized spacial score (nSPS) is 16.3. The van der Waals surface area contributed by atoms with Gasteiger partial charge in [-0.05, 0) is 31.7 Å². The average Bonchev–Trinajstić information content (AvgIpc) is 4.01. The molecular formula is C40H66N18O6. The van der Waals surface area contributed by atoms with Crippen LogP contribution in [0, 0.1) is 18.3 Å². The monoisotopic (exact) mass is 895 g/mol. The molecule has 3 aromatic rings. The van der Waals surface area contributed by atoms with E-state index in [1.165, 1.54) is 4.68 Å².